The van der Waals surface area contributed by atoms with Crippen molar-refractivity contribution in [3.8, 4) is 0 Å². The predicted molar refractivity (Wildman–Crippen MR) is 80.8 cm³/mol. The molecule has 3 N–H and O–H groups in total. The van der Waals surface area contributed by atoms with E-state index in [1.165, 1.54) is 25.7 Å². The molecule has 1 heterocycles. The highest BCUT2D eigenvalue weighted by Gasteiger charge is 2.50. The van der Waals surface area contributed by atoms with E-state index in [4.69, 9.17) is 13.6 Å². The van der Waals surface area contributed by atoms with E-state index in [-0.39, 0.29) is 5.92 Å². The molecule has 0 aromatic heterocycles. The molecule has 0 aromatic carbocycles. The van der Waals surface area contributed by atoms with Crippen molar-refractivity contribution in [3.63, 3.8) is 0 Å². The number of nitrogens with zero attached hydrogens (tertiary/aromatic N) is 1. The molecule has 0 aromatic rings. The average Bonchev–Trinajstić information content (AvgIpc) is 2.76. The third-order valence-corrected chi connectivity index (χ3v) is 5.30. The lowest BCUT2D eigenvalue weighted by Gasteiger charge is -2.34. The van der Waals surface area contributed by atoms with E-state index in [2.05, 4.69) is 11.8 Å². The number of carboxylic acids is 1. The quantitative estimate of drug-likeness (QED) is 0.750. The molecule has 2 atom stereocenters. The summed E-state index contributed by atoms with van der Waals surface area (Å²) < 4.78 is 0. The molecule has 1 aliphatic heterocycles. The van der Waals surface area contributed by atoms with Crippen molar-refractivity contribution < 1.29 is 9.90 Å². The molecule has 1 saturated heterocycles. The first kappa shape index (κ1) is 15.8. The van der Waals surface area contributed by atoms with Gasteiger partial charge in [0.2, 0.25) is 0 Å². The second-order valence-electron chi connectivity index (χ2n) is 6.82. The van der Waals surface area contributed by atoms with Gasteiger partial charge >= 0.3 is 5.97 Å². The Hall–Kier alpha value is -0.545. The molecular weight excluding hydrogens is 251 g/mol. The van der Waals surface area contributed by atoms with Crippen molar-refractivity contribution in [1.82, 2.24) is 4.90 Å². The Morgan fingerprint density at radius 3 is 2.60 bits per heavy atom. The third kappa shape index (κ3) is 3.20. The van der Waals surface area contributed by atoms with Gasteiger partial charge in [-0.15, -0.1) is 0 Å². The fourth-order valence-corrected chi connectivity index (χ4v) is 3.82. The van der Waals surface area contributed by atoms with Gasteiger partial charge in [0.25, 0.3) is 0 Å². The first-order chi connectivity index (χ1) is 9.47. The molecule has 0 spiro atoms. The maximum Gasteiger partial charge on any atom is 0.325 e. The van der Waals surface area contributed by atoms with Gasteiger partial charge in [0.1, 0.15) is 5.54 Å². The van der Waals surface area contributed by atoms with E-state index in [1.54, 1.807) is 0 Å². The zero-order chi connectivity index (χ0) is 14.8. The Balaban J connectivity index is 2.01. The number of aliphatic carboxylic acids is 1. The van der Waals surface area contributed by atoms with Crippen molar-refractivity contribution in [2.45, 2.75) is 63.3 Å². The molecular formula is C15H27BN2O2. The van der Waals surface area contributed by atoms with Crippen molar-refractivity contribution in [2.75, 3.05) is 13.1 Å². The molecule has 20 heavy (non-hydrogen) atoms. The SMILES string of the molecule is [B]CCC[C@H]1CN(C2CCC(C)CC2)C[C@@]1(N)C(=O)O. The molecule has 0 amide bonds. The van der Waals surface area contributed by atoms with Crippen molar-refractivity contribution in [2.24, 2.45) is 17.6 Å². The number of hydrogen-bond acceptors (Lipinski definition) is 3. The van der Waals surface area contributed by atoms with Crippen LogP contribution in [0.1, 0.15) is 45.4 Å². The van der Waals surface area contributed by atoms with Crippen LogP contribution in [0.15, 0.2) is 0 Å². The maximum absolute atomic E-state index is 11.6. The van der Waals surface area contributed by atoms with E-state index in [9.17, 15) is 9.90 Å². The molecule has 5 heteroatoms. The minimum atomic E-state index is -1.09. The second kappa shape index (κ2) is 6.48. The normalized spacial score (nSPS) is 39.0. The summed E-state index contributed by atoms with van der Waals surface area (Å²) >= 11 is 0. The van der Waals surface area contributed by atoms with Crippen LogP contribution in [0, 0.1) is 11.8 Å². The molecule has 1 saturated carbocycles. The zero-order valence-electron chi connectivity index (χ0n) is 12.6. The number of rotatable bonds is 5. The number of nitrogens with two attached hydrogens (primary N) is 1. The molecule has 2 aliphatic rings. The Morgan fingerprint density at radius 1 is 1.40 bits per heavy atom. The summed E-state index contributed by atoms with van der Waals surface area (Å²) in [5, 5.41) is 9.52. The summed E-state index contributed by atoms with van der Waals surface area (Å²) in [5.41, 5.74) is 5.14. The minimum Gasteiger partial charge on any atom is -0.480 e. The summed E-state index contributed by atoms with van der Waals surface area (Å²) in [6.45, 7) is 3.62. The van der Waals surface area contributed by atoms with Crippen LogP contribution in [0.3, 0.4) is 0 Å². The van der Waals surface area contributed by atoms with Crippen LogP contribution in [-0.4, -0.2) is 48.5 Å². The monoisotopic (exact) mass is 278 g/mol. The average molecular weight is 278 g/mol. The Bertz CT molecular complexity index is 345. The van der Waals surface area contributed by atoms with Gasteiger partial charge in [0.05, 0.1) is 7.85 Å². The van der Waals surface area contributed by atoms with E-state index >= 15 is 0 Å². The van der Waals surface area contributed by atoms with Gasteiger partial charge < -0.3 is 10.8 Å². The number of carboxylic acid groups (broad SMARTS) is 1. The van der Waals surface area contributed by atoms with Gasteiger partial charge in [-0.2, -0.15) is 0 Å². The Labute approximate surface area is 123 Å². The lowest BCUT2D eigenvalue weighted by atomic mass is 9.83. The van der Waals surface area contributed by atoms with Crippen LogP contribution in [0.4, 0.5) is 0 Å². The molecule has 4 nitrogen and oxygen atoms in total. The molecule has 2 fully saturated rings. The molecule has 0 bridgehead atoms. The second-order valence-corrected chi connectivity index (χ2v) is 6.82. The molecule has 2 radical (unpaired) electrons. The van der Waals surface area contributed by atoms with Gasteiger partial charge in [-0.25, -0.2) is 0 Å². The largest absolute Gasteiger partial charge is 0.480 e. The van der Waals surface area contributed by atoms with Crippen LogP contribution < -0.4 is 5.73 Å². The fourth-order valence-electron chi connectivity index (χ4n) is 3.82. The van der Waals surface area contributed by atoms with Crippen LogP contribution in [-0.2, 0) is 4.79 Å². The highest BCUT2D eigenvalue weighted by atomic mass is 16.4. The van der Waals surface area contributed by atoms with Gasteiger partial charge in [-0.3, -0.25) is 9.69 Å². The predicted octanol–water partition coefficient (Wildman–Crippen LogP) is 1.65. The van der Waals surface area contributed by atoms with Gasteiger partial charge in [-0.1, -0.05) is 19.7 Å². The van der Waals surface area contributed by atoms with Gasteiger partial charge in [-0.05, 0) is 38.0 Å². The van der Waals surface area contributed by atoms with Gasteiger partial charge in [0.15, 0.2) is 0 Å². The van der Waals surface area contributed by atoms with Crippen LogP contribution in [0.5, 0.6) is 0 Å². The van der Waals surface area contributed by atoms with E-state index in [0.29, 0.717) is 18.9 Å². The third-order valence-electron chi connectivity index (χ3n) is 5.30. The van der Waals surface area contributed by atoms with Gasteiger partial charge in [0, 0.05) is 25.0 Å². The lowest BCUT2D eigenvalue weighted by molar-refractivity contribution is -0.144. The topological polar surface area (TPSA) is 66.6 Å². The molecule has 112 valence electrons. The van der Waals surface area contributed by atoms with Crippen molar-refractivity contribution >= 4 is 13.8 Å². The standard InChI is InChI=1S/C15H27BN2O2/c1-11-4-6-13(7-5-11)18-9-12(3-2-8-16)15(17,10-18)14(19)20/h11-13H,2-10,17H2,1H3,(H,19,20)/t11?,12-,13?,15-/m0/s1. The van der Waals surface area contributed by atoms with Crippen LogP contribution in [0.25, 0.3) is 0 Å². The van der Waals surface area contributed by atoms with Crippen LogP contribution in [0.2, 0.25) is 6.32 Å². The first-order valence-electron chi connectivity index (χ1n) is 7.93. The highest BCUT2D eigenvalue weighted by molar-refractivity contribution is 6.08. The summed E-state index contributed by atoms with van der Waals surface area (Å²) in [7, 11) is 5.56. The lowest BCUT2D eigenvalue weighted by Crippen LogP contribution is -2.55. The summed E-state index contributed by atoms with van der Waals surface area (Å²) in [6.07, 6.45) is 7.14. The van der Waals surface area contributed by atoms with Crippen molar-refractivity contribution in [3.05, 3.63) is 0 Å². The van der Waals surface area contributed by atoms with Crippen LogP contribution >= 0.6 is 0 Å². The number of carbonyl (C=O) groups is 1. The fraction of sp³-hybridized carbons (Fsp3) is 0.933. The zero-order valence-corrected chi connectivity index (χ0v) is 12.6. The summed E-state index contributed by atoms with van der Waals surface area (Å²) in [4.78, 5) is 13.9. The molecule has 2 rings (SSSR count). The van der Waals surface area contributed by atoms with E-state index in [0.717, 1.165) is 25.3 Å². The Kier molecular flexibility index (Phi) is 5.13. The minimum absolute atomic E-state index is 0.0305. The van der Waals surface area contributed by atoms with Crippen molar-refractivity contribution in [1.29, 1.82) is 0 Å². The smallest absolute Gasteiger partial charge is 0.325 e. The molecule has 1 aliphatic carbocycles. The Morgan fingerprint density at radius 2 is 2.05 bits per heavy atom. The summed E-state index contributed by atoms with van der Waals surface area (Å²) in [5.74, 6) is -0.0157. The number of hydrogen-bond donors (Lipinski definition) is 2. The maximum atomic E-state index is 11.6. The number of likely N-dealkylation sites (tertiary alicyclic amines) is 1. The molecule has 0 unspecified atom stereocenters. The first-order valence-corrected chi connectivity index (χ1v) is 7.93. The van der Waals surface area contributed by atoms with E-state index in [1.807, 2.05) is 0 Å². The summed E-state index contributed by atoms with van der Waals surface area (Å²) in [6, 6.07) is 0.524. The van der Waals surface area contributed by atoms with E-state index < -0.39 is 11.5 Å². The highest BCUT2D eigenvalue weighted by Crippen LogP contribution is 2.35.